The molecule has 78 valence electrons. The maximum Gasteiger partial charge on any atom is 0.303 e. The average Bonchev–Trinajstić information content (AvgIpc) is 2.55. The van der Waals surface area contributed by atoms with Gasteiger partial charge in [-0.25, -0.2) is 4.52 Å². The summed E-state index contributed by atoms with van der Waals surface area (Å²) in [4.78, 5) is 10.5. The SMILES string of the molecule is Cc1cc2c(CCC(=O)O)cccn2n1. The van der Waals surface area contributed by atoms with Gasteiger partial charge in [0.15, 0.2) is 0 Å². The van der Waals surface area contributed by atoms with Crippen molar-refractivity contribution in [1.82, 2.24) is 9.61 Å². The van der Waals surface area contributed by atoms with Gasteiger partial charge in [-0.3, -0.25) is 4.79 Å². The highest BCUT2D eigenvalue weighted by Crippen LogP contribution is 2.13. The lowest BCUT2D eigenvalue weighted by Crippen LogP contribution is -1.99. The van der Waals surface area contributed by atoms with Crippen molar-refractivity contribution in [1.29, 1.82) is 0 Å². The van der Waals surface area contributed by atoms with Gasteiger partial charge in [-0.2, -0.15) is 5.10 Å². The highest BCUT2D eigenvalue weighted by Gasteiger charge is 2.05. The third-order valence-electron chi connectivity index (χ3n) is 2.32. The van der Waals surface area contributed by atoms with Gasteiger partial charge in [-0.1, -0.05) is 6.07 Å². The van der Waals surface area contributed by atoms with Gasteiger partial charge < -0.3 is 5.11 Å². The van der Waals surface area contributed by atoms with Crippen LogP contribution in [0.25, 0.3) is 5.52 Å². The predicted molar refractivity (Wildman–Crippen MR) is 55.9 cm³/mol. The van der Waals surface area contributed by atoms with Crippen LogP contribution < -0.4 is 0 Å². The van der Waals surface area contributed by atoms with E-state index < -0.39 is 5.97 Å². The summed E-state index contributed by atoms with van der Waals surface area (Å²) in [5.74, 6) is -0.770. The van der Waals surface area contributed by atoms with Crippen LogP contribution in [0.3, 0.4) is 0 Å². The molecular weight excluding hydrogens is 192 g/mol. The van der Waals surface area contributed by atoms with Gasteiger partial charge in [-0.15, -0.1) is 0 Å². The zero-order valence-electron chi connectivity index (χ0n) is 8.47. The minimum absolute atomic E-state index is 0.157. The Morgan fingerprint density at radius 2 is 2.40 bits per heavy atom. The van der Waals surface area contributed by atoms with Gasteiger partial charge >= 0.3 is 5.97 Å². The van der Waals surface area contributed by atoms with Gasteiger partial charge in [-0.05, 0) is 31.0 Å². The number of carboxylic acid groups (broad SMARTS) is 1. The summed E-state index contributed by atoms with van der Waals surface area (Å²) in [5, 5.41) is 12.9. The lowest BCUT2D eigenvalue weighted by Gasteiger charge is -2.01. The molecule has 0 aliphatic heterocycles. The van der Waals surface area contributed by atoms with Crippen LogP contribution in [0, 0.1) is 6.92 Å². The van der Waals surface area contributed by atoms with Crippen LogP contribution in [-0.4, -0.2) is 20.7 Å². The fourth-order valence-corrected chi connectivity index (χ4v) is 1.65. The fraction of sp³-hybridized carbons (Fsp3) is 0.273. The number of nitrogens with zero attached hydrogens (tertiary/aromatic N) is 2. The van der Waals surface area contributed by atoms with Gasteiger partial charge in [0.05, 0.1) is 11.2 Å². The topological polar surface area (TPSA) is 54.6 Å². The molecule has 0 atom stereocenters. The lowest BCUT2D eigenvalue weighted by atomic mass is 10.1. The molecule has 15 heavy (non-hydrogen) atoms. The molecule has 0 amide bonds. The number of hydrogen-bond acceptors (Lipinski definition) is 2. The standard InChI is InChI=1S/C11H12N2O2/c1-8-7-10-9(4-5-11(14)15)3-2-6-13(10)12-8/h2-3,6-7H,4-5H2,1H3,(H,14,15). The van der Waals surface area contributed by atoms with Crippen molar-refractivity contribution in [2.75, 3.05) is 0 Å². The molecule has 0 radical (unpaired) electrons. The largest absolute Gasteiger partial charge is 0.481 e. The van der Waals surface area contributed by atoms with E-state index in [1.807, 2.05) is 31.3 Å². The second-order valence-electron chi connectivity index (χ2n) is 3.54. The van der Waals surface area contributed by atoms with E-state index in [-0.39, 0.29) is 6.42 Å². The third kappa shape index (κ3) is 1.98. The van der Waals surface area contributed by atoms with Crippen LogP contribution in [0.1, 0.15) is 17.7 Å². The monoisotopic (exact) mass is 204 g/mol. The van der Waals surface area contributed by atoms with Crippen LogP contribution in [0.2, 0.25) is 0 Å². The first-order valence-corrected chi connectivity index (χ1v) is 4.82. The molecule has 0 saturated heterocycles. The summed E-state index contributed by atoms with van der Waals surface area (Å²) < 4.78 is 1.78. The molecule has 2 rings (SSSR count). The van der Waals surface area contributed by atoms with Crippen molar-refractivity contribution in [2.45, 2.75) is 19.8 Å². The first-order chi connectivity index (χ1) is 7.16. The summed E-state index contributed by atoms with van der Waals surface area (Å²) in [7, 11) is 0. The Hall–Kier alpha value is -1.84. The Morgan fingerprint density at radius 1 is 1.60 bits per heavy atom. The number of aliphatic carboxylic acids is 1. The van der Waals surface area contributed by atoms with Crippen molar-refractivity contribution < 1.29 is 9.90 Å². The summed E-state index contributed by atoms with van der Waals surface area (Å²) in [6, 6.07) is 5.80. The average molecular weight is 204 g/mol. The van der Waals surface area contributed by atoms with Crippen molar-refractivity contribution in [3.8, 4) is 0 Å². The van der Waals surface area contributed by atoms with E-state index >= 15 is 0 Å². The summed E-state index contributed by atoms with van der Waals surface area (Å²) in [6.45, 7) is 1.92. The number of fused-ring (bicyclic) bond motifs is 1. The maximum absolute atomic E-state index is 10.5. The second-order valence-corrected chi connectivity index (χ2v) is 3.54. The minimum atomic E-state index is -0.770. The Labute approximate surface area is 87.2 Å². The second kappa shape index (κ2) is 3.73. The first-order valence-electron chi connectivity index (χ1n) is 4.82. The number of rotatable bonds is 3. The number of carboxylic acids is 1. The molecule has 4 nitrogen and oxygen atoms in total. The van der Waals surface area contributed by atoms with E-state index in [1.54, 1.807) is 4.52 Å². The van der Waals surface area contributed by atoms with E-state index in [0.717, 1.165) is 16.8 Å². The Balaban J connectivity index is 2.37. The molecule has 0 bridgehead atoms. The molecule has 0 saturated carbocycles. The van der Waals surface area contributed by atoms with Crippen LogP contribution >= 0.6 is 0 Å². The molecule has 1 N–H and O–H groups in total. The Bertz CT molecular complexity index is 502. The smallest absolute Gasteiger partial charge is 0.303 e. The summed E-state index contributed by atoms with van der Waals surface area (Å²) in [6.07, 6.45) is 2.57. The number of pyridine rings is 1. The maximum atomic E-state index is 10.5. The third-order valence-corrected chi connectivity index (χ3v) is 2.32. The highest BCUT2D eigenvalue weighted by atomic mass is 16.4. The summed E-state index contributed by atoms with van der Waals surface area (Å²) in [5.41, 5.74) is 2.97. The number of hydrogen-bond donors (Lipinski definition) is 1. The van der Waals surface area contributed by atoms with E-state index in [4.69, 9.17) is 5.11 Å². The molecule has 0 fully saturated rings. The van der Waals surface area contributed by atoms with Crippen molar-refractivity contribution >= 4 is 11.5 Å². The molecule has 0 spiro atoms. The fourth-order valence-electron chi connectivity index (χ4n) is 1.65. The van der Waals surface area contributed by atoms with Crippen LogP contribution in [-0.2, 0) is 11.2 Å². The minimum Gasteiger partial charge on any atom is -0.481 e. The zero-order valence-corrected chi connectivity index (χ0v) is 8.47. The number of carbonyl (C=O) groups is 1. The van der Waals surface area contributed by atoms with Crippen molar-refractivity contribution in [2.24, 2.45) is 0 Å². The molecule has 0 aliphatic carbocycles. The molecule has 0 aromatic carbocycles. The zero-order chi connectivity index (χ0) is 10.8. The first kappa shape index (κ1) is 9.71. The van der Waals surface area contributed by atoms with E-state index in [0.29, 0.717) is 6.42 Å². The van der Waals surface area contributed by atoms with Crippen LogP contribution in [0.5, 0.6) is 0 Å². The Morgan fingerprint density at radius 3 is 3.13 bits per heavy atom. The lowest BCUT2D eigenvalue weighted by molar-refractivity contribution is -0.136. The van der Waals surface area contributed by atoms with Gasteiger partial charge in [0, 0.05) is 12.6 Å². The molecule has 2 heterocycles. The highest BCUT2D eigenvalue weighted by molar-refractivity contribution is 5.68. The number of aromatic nitrogens is 2. The van der Waals surface area contributed by atoms with Crippen molar-refractivity contribution in [3.63, 3.8) is 0 Å². The van der Waals surface area contributed by atoms with Crippen molar-refractivity contribution in [3.05, 3.63) is 35.7 Å². The van der Waals surface area contributed by atoms with Crippen LogP contribution in [0.4, 0.5) is 0 Å². The molecule has 0 aliphatic rings. The van der Waals surface area contributed by atoms with Gasteiger partial charge in [0.25, 0.3) is 0 Å². The van der Waals surface area contributed by atoms with Crippen LogP contribution in [0.15, 0.2) is 24.4 Å². The number of aryl methyl sites for hydroxylation is 2. The molecular formula is C11H12N2O2. The molecule has 4 heteroatoms. The normalized spacial score (nSPS) is 10.7. The molecule has 2 aromatic rings. The Kier molecular flexibility index (Phi) is 2.41. The van der Waals surface area contributed by atoms with E-state index in [9.17, 15) is 4.79 Å². The van der Waals surface area contributed by atoms with Gasteiger partial charge in [0.1, 0.15) is 0 Å². The van der Waals surface area contributed by atoms with E-state index in [2.05, 4.69) is 5.10 Å². The quantitative estimate of drug-likeness (QED) is 0.827. The predicted octanol–water partition coefficient (Wildman–Crippen LogP) is 1.66. The molecule has 0 unspecified atom stereocenters. The summed E-state index contributed by atoms with van der Waals surface area (Å²) >= 11 is 0. The molecule has 2 aromatic heterocycles. The van der Waals surface area contributed by atoms with Gasteiger partial charge in [0.2, 0.25) is 0 Å². The van der Waals surface area contributed by atoms with E-state index in [1.165, 1.54) is 0 Å².